The van der Waals surface area contributed by atoms with Crippen LogP contribution < -0.4 is 5.43 Å². The molecule has 0 bridgehead atoms. The molecule has 0 aliphatic carbocycles. The van der Waals surface area contributed by atoms with Crippen molar-refractivity contribution in [3.63, 3.8) is 0 Å². The Labute approximate surface area is 188 Å². The van der Waals surface area contributed by atoms with Crippen LogP contribution in [0.25, 0.3) is 11.3 Å². The molecule has 0 aliphatic heterocycles. The first kappa shape index (κ1) is 21.3. The van der Waals surface area contributed by atoms with Gasteiger partial charge in [-0.15, -0.1) is 0 Å². The first-order chi connectivity index (χ1) is 15.5. The predicted molar refractivity (Wildman–Crippen MR) is 121 cm³/mol. The van der Waals surface area contributed by atoms with Gasteiger partial charge in [-0.2, -0.15) is 10.2 Å². The van der Waals surface area contributed by atoms with Crippen molar-refractivity contribution in [2.45, 2.75) is 6.54 Å². The van der Waals surface area contributed by atoms with E-state index in [1.807, 2.05) is 30.3 Å². The van der Waals surface area contributed by atoms with Crippen LogP contribution in [-0.4, -0.2) is 27.0 Å². The fourth-order valence-electron chi connectivity index (χ4n) is 3.12. The molecular formula is C24H18ClFN4O2. The van der Waals surface area contributed by atoms with Gasteiger partial charge in [0.1, 0.15) is 17.3 Å². The van der Waals surface area contributed by atoms with Gasteiger partial charge in [-0.1, -0.05) is 48.0 Å². The number of halogens is 2. The zero-order valence-electron chi connectivity index (χ0n) is 16.7. The number of amides is 1. The number of carbonyl (C=O) groups is 1. The lowest BCUT2D eigenvalue weighted by Gasteiger charge is -2.05. The van der Waals surface area contributed by atoms with Crippen LogP contribution in [0, 0.1) is 5.82 Å². The molecule has 1 aromatic heterocycles. The van der Waals surface area contributed by atoms with E-state index in [2.05, 4.69) is 15.6 Å². The van der Waals surface area contributed by atoms with Crippen LogP contribution in [0.1, 0.15) is 21.5 Å². The van der Waals surface area contributed by atoms with Crippen LogP contribution in [0.5, 0.6) is 5.75 Å². The zero-order valence-corrected chi connectivity index (χ0v) is 17.5. The minimum Gasteiger partial charge on any atom is -0.508 e. The van der Waals surface area contributed by atoms with Crippen LogP contribution in [-0.2, 0) is 6.54 Å². The Morgan fingerprint density at radius 1 is 1.09 bits per heavy atom. The molecule has 4 aromatic rings. The van der Waals surface area contributed by atoms with Crippen LogP contribution in [0.2, 0.25) is 5.02 Å². The number of aromatic hydroxyl groups is 1. The zero-order chi connectivity index (χ0) is 22.5. The highest BCUT2D eigenvalue weighted by Gasteiger charge is 2.13. The predicted octanol–water partition coefficient (Wildman–Crippen LogP) is 4.86. The van der Waals surface area contributed by atoms with Gasteiger partial charge in [-0.3, -0.25) is 9.48 Å². The largest absolute Gasteiger partial charge is 0.508 e. The quantitative estimate of drug-likeness (QED) is 0.326. The average Bonchev–Trinajstić information content (AvgIpc) is 3.20. The Morgan fingerprint density at radius 2 is 1.84 bits per heavy atom. The molecule has 0 saturated heterocycles. The van der Waals surface area contributed by atoms with Gasteiger partial charge in [0.15, 0.2) is 0 Å². The van der Waals surface area contributed by atoms with Crippen molar-refractivity contribution in [1.82, 2.24) is 15.2 Å². The second-order valence-corrected chi connectivity index (χ2v) is 7.35. The molecule has 0 spiro atoms. The number of hydrogen-bond donors (Lipinski definition) is 2. The van der Waals surface area contributed by atoms with Gasteiger partial charge in [0.2, 0.25) is 0 Å². The highest BCUT2D eigenvalue weighted by atomic mass is 35.5. The molecule has 1 heterocycles. The fraction of sp³-hybridized carbons (Fsp3) is 0.0417. The second kappa shape index (κ2) is 9.45. The molecule has 0 unspecified atom stereocenters. The van der Waals surface area contributed by atoms with Crippen molar-refractivity contribution >= 4 is 23.7 Å². The summed E-state index contributed by atoms with van der Waals surface area (Å²) in [6.45, 7) is 0.138. The molecule has 0 fully saturated rings. The molecular weight excluding hydrogens is 431 g/mol. The van der Waals surface area contributed by atoms with Crippen LogP contribution in [0.4, 0.5) is 4.39 Å². The van der Waals surface area contributed by atoms with Crippen molar-refractivity contribution in [2.24, 2.45) is 5.10 Å². The van der Waals surface area contributed by atoms with Crippen molar-refractivity contribution in [1.29, 1.82) is 0 Å². The van der Waals surface area contributed by atoms with Gasteiger partial charge in [-0.25, -0.2) is 9.82 Å². The van der Waals surface area contributed by atoms with Crippen molar-refractivity contribution < 1.29 is 14.3 Å². The molecule has 3 aromatic carbocycles. The Morgan fingerprint density at radius 3 is 2.56 bits per heavy atom. The lowest BCUT2D eigenvalue weighted by Crippen LogP contribution is -2.17. The number of phenols is 1. The third-order valence-electron chi connectivity index (χ3n) is 4.72. The third kappa shape index (κ3) is 4.84. The molecule has 0 aliphatic rings. The van der Waals surface area contributed by atoms with E-state index in [0.29, 0.717) is 27.4 Å². The van der Waals surface area contributed by atoms with Crippen molar-refractivity contribution in [3.05, 3.63) is 107 Å². The van der Waals surface area contributed by atoms with E-state index >= 15 is 0 Å². The normalized spacial score (nSPS) is 11.1. The number of aromatic nitrogens is 2. The standard InChI is InChI=1S/C24H18ClFN4O2/c25-21-7-4-8-22(26)20(21)15-30-14-18(23(29-30)16-5-2-1-3-6-16)13-27-28-24(32)17-9-11-19(31)12-10-17/h1-14,31H,15H2,(H,28,32). The summed E-state index contributed by atoms with van der Waals surface area (Å²) in [4.78, 5) is 12.2. The maximum atomic E-state index is 14.2. The number of nitrogens with zero attached hydrogens (tertiary/aromatic N) is 3. The molecule has 1 amide bonds. The third-order valence-corrected chi connectivity index (χ3v) is 5.07. The van der Waals surface area contributed by atoms with E-state index in [4.69, 9.17) is 11.6 Å². The van der Waals surface area contributed by atoms with Gasteiger partial charge in [0.05, 0.1) is 12.8 Å². The van der Waals surface area contributed by atoms with E-state index < -0.39 is 11.7 Å². The number of rotatable bonds is 6. The molecule has 0 atom stereocenters. The topological polar surface area (TPSA) is 79.5 Å². The van der Waals surface area contributed by atoms with E-state index in [1.165, 1.54) is 36.5 Å². The summed E-state index contributed by atoms with van der Waals surface area (Å²) in [7, 11) is 0. The first-order valence-electron chi connectivity index (χ1n) is 9.69. The minimum atomic E-state index is -0.423. The number of benzene rings is 3. The van der Waals surface area contributed by atoms with Gasteiger partial charge >= 0.3 is 0 Å². The molecule has 8 heteroatoms. The second-order valence-electron chi connectivity index (χ2n) is 6.94. The fourth-order valence-corrected chi connectivity index (χ4v) is 3.34. The summed E-state index contributed by atoms with van der Waals surface area (Å²) < 4.78 is 15.8. The number of nitrogens with one attached hydrogen (secondary N) is 1. The molecule has 160 valence electrons. The first-order valence-corrected chi connectivity index (χ1v) is 10.1. The van der Waals surface area contributed by atoms with Gasteiger partial charge in [0, 0.05) is 33.5 Å². The highest BCUT2D eigenvalue weighted by Crippen LogP contribution is 2.24. The van der Waals surface area contributed by atoms with Crippen molar-refractivity contribution in [2.75, 3.05) is 0 Å². The lowest BCUT2D eigenvalue weighted by atomic mass is 10.1. The minimum absolute atomic E-state index is 0.0694. The number of phenolic OH excluding ortho intramolecular Hbond substituents is 1. The number of hydrazone groups is 1. The molecule has 0 saturated carbocycles. The average molecular weight is 449 g/mol. The summed E-state index contributed by atoms with van der Waals surface area (Å²) in [6.07, 6.45) is 3.19. The van der Waals surface area contributed by atoms with Gasteiger partial charge in [-0.05, 0) is 36.4 Å². The monoisotopic (exact) mass is 448 g/mol. The van der Waals surface area contributed by atoms with Crippen LogP contribution >= 0.6 is 11.6 Å². The Hall–Kier alpha value is -3.97. The summed E-state index contributed by atoms with van der Waals surface area (Å²) in [6, 6.07) is 19.8. The summed E-state index contributed by atoms with van der Waals surface area (Å²) in [5.41, 5.74) is 5.25. The lowest BCUT2D eigenvalue weighted by molar-refractivity contribution is 0.0955. The summed E-state index contributed by atoms with van der Waals surface area (Å²) in [5.74, 6) is -0.765. The molecule has 2 N–H and O–H groups in total. The van der Waals surface area contributed by atoms with Gasteiger partial charge in [0.25, 0.3) is 5.91 Å². The van der Waals surface area contributed by atoms with Crippen LogP contribution in [0.3, 0.4) is 0 Å². The number of carbonyl (C=O) groups excluding carboxylic acids is 1. The molecule has 6 nitrogen and oxygen atoms in total. The SMILES string of the molecule is O=C(NN=Cc1cn(Cc2c(F)cccc2Cl)nc1-c1ccccc1)c1ccc(O)cc1. The van der Waals surface area contributed by atoms with E-state index in [9.17, 15) is 14.3 Å². The van der Waals surface area contributed by atoms with Crippen molar-refractivity contribution in [3.8, 4) is 17.0 Å². The van der Waals surface area contributed by atoms with Crippen LogP contribution in [0.15, 0.2) is 84.1 Å². The Balaban J connectivity index is 1.60. The maximum absolute atomic E-state index is 14.2. The summed E-state index contributed by atoms with van der Waals surface area (Å²) >= 11 is 6.16. The highest BCUT2D eigenvalue weighted by molar-refractivity contribution is 6.31. The van der Waals surface area contributed by atoms with E-state index in [0.717, 1.165) is 5.56 Å². The smallest absolute Gasteiger partial charge is 0.271 e. The van der Waals surface area contributed by atoms with Gasteiger partial charge < -0.3 is 5.11 Å². The van der Waals surface area contributed by atoms with E-state index in [1.54, 1.807) is 23.0 Å². The van der Waals surface area contributed by atoms with E-state index in [-0.39, 0.29) is 12.3 Å². The molecule has 4 rings (SSSR count). The summed E-state index contributed by atoms with van der Waals surface area (Å²) in [5, 5.41) is 18.3. The Bertz CT molecular complexity index is 1250. The number of hydrogen-bond acceptors (Lipinski definition) is 4. The Kier molecular flexibility index (Phi) is 6.28. The maximum Gasteiger partial charge on any atom is 0.271 e. The molecule has 0 radical (unpaired) electrons. The molecule has 32 heavy (non-hydrogen) atoms.